The Morgan fingerprint density at radius 1 is 1.67 bits per heavy atom. The average molecular weight is 164 g/mol. The summed E-state index contributed by atoms with van der Waals surface area (Å²) in [6, 6.07) is 3.24. The van der Waals surface area contributed by atoms with Crippen molar-refractivity contribution >= 4 is 5.82 Å². The maximum absolute atomic E-state index is 8.71. The normalized spacial score (nSPS) is 9.08. The first kappa shape index (κ1) is 8.50. The van der Waals surface area contributed by atoms with Gasteiger partial charge in [0.25, 0.3) is 0 Å². The maximum atomic E-state index is 8.71. The van der Waals surface area contributed by atoms with Crippen molar-refractivity contribution in [1.29, 1.82) is 0 Å². The monoisotopic (exact) mass is 164 g/mol. The fourth-order valence-electron chi connectivity index (χ4n) is 0.802. The van der Waals surface area contributed by atoms with Crippen LogP contribution in [-0.4, -0.2) is 17.2 Å². The average Bonchev–Trinajstić information content (AvgIpc) is 2.16. The molecular formula is C8H8N2O2. The maximum Gasteiger partial charge on any atom is 0.312 e. The van der Waals surface area contributed by atoms with E-state index in [-0.39, 0.29) is 12.4 Å². The number of hydrogen-bond donors (Lipinski definition) is 1. The quantitative estimate of drug-likeness (QED) is 0.666. The van der Waals surface area contributed by atoms with Gasteiger partial charge < -0.3 is 14.7 Å². The summed E-state index contributed by atoms with van der Waals surface area (Å²) in [4.78, 5) is 7.00. The third-order valence-electron chi connectivity index (χ3n) is 1.38. The Kier molecular flexibility index (Phi) is 2.62. The molecule has 1 aromatic rings. The van der Waals surface area contributed by atoms with Gasteiger partial charge in [-0.2, -0.15) is 0 Å². The smallest absolute Gasteiger partial charge is 0.312 e. The lowest BCUT2D eigenvalue weighted by Gasteiger charge is -2.00. The highest BCUT2D eigenvalue weighted by atomic mass is 16.5. The Balaban J connectivity index is 3.13. The highest BCUT2D eigenvalue weighted by Gasteiger charge is 2.06. The minimum atomic E-state index is -0.160. The summed E-state index contributed by atoms with van der Waals surface area (Å²) in [5.74, 6) is 0.617. The second-order valence-electron chi connectivity index (χ2n) is 2.10. The standard InChI is InChI=1S/C8H8N2O2/c1-9-8-7(12-2)4-3-6(5-11)10-8/h3-4,11H,5H2,2H3. The van der Waals surface area contributed by atoms with E-state index in [2.05, 4.69) is 9.83 Å². The van der Waals surface area contributed by atoms with Crippen LogP contribution in [0.3, 0.4) is 0 Å². The molecule has 0 radical (unpaired) electrons. The van der Waals surface area contributed by atoms with E-state index in [1.165, 1.54) is 7.11 Å². The number of aromatic nitrogens is 1. The largest absolute Gasteiger partial charge is 0.506 e. The van der Waals surface area contributed by atoms with Gasteiger partial charge in [0.2, 0.25) is 0 Å². The van der Waals surface area contributed by atoms with Gasteiger partial charge >= 0.3 is 5.82 Å². The van der Waals surface area contributed by atoms with Crippen LogP contribution in [0, 0.1) is 6.57 Å². The third kappa shape index (κ3) is 1.52. The molecule has 4 nitrogen and oxygen atoms in total. The Morgan fingerprint density at radius 3 is 2.92 bits per heavy atom. The lowest BCUT2D eigenvalue weighted by molar-refractivity contribution is 0.276. The van der Waals surface area contributed by atoms with Crippen molar-refractivity contribution in [3.8, 4) is 5.75 Å². The fourth-order valence-corrected chi connectivity index (χ4v) is 0.802. The minimum absolute atomic E-state index is 0.160. The molecule has 0 bridgehead atoms. The van der Waals surface area contributed by atoms with E-state index in [1.807, 2.05) is 0 Å². The predicted molar refractivity (Wildman–Crippen MR) is 43.0 cm³/mol. The zero-order valence-electron chi connectivity index (χ0n) is 6.61. The number of aliphatic hydroxyl groups is 1. The van der Waals surface area contributed by atoms with Crippen LogP contribution in [0.25, 0.3) is 4.85 Å². The molecular weight excluding hydrogens is 156 g/mol. The summed E-state index contributed by atoms with van der Waals surface area (Å²) in [5, 5.41) is 8.71. The van der Waals surface area contributed by atoms with E-state index in [9.17, 15) is 0 Å². The molecule has 0 amide bonds. The summed E-state index contributed by atoms with van der Waals surface area (Å²) in [5.41, 5.74) is 0.474. The van der Waals surface area contributed by atoms with E-state index in [0.29, 0.717) is 11.4 Å². The molecule has 0 saturated carbocycles. The zero-order chi connectivity index (χ0) is 8.97. The van der Waals surface area contributed by atoms with Gasteiger partial charge in [-0.15, -0.1) is 4.98 Å². The van der Waals surface area contributed by atoms with Gasteiger partial charge in [0.15, 0.2) is 5.69 Å². The van der Waals surface area contributed by atoms with Gasteiger partial charge in [0.05, 0.1) is 7.11 Å². The predicted octanol–water partition coefficient (Wildman–Crippen LogP) is 1.13. The van der Waals surface area contributed by atoms with Gasteiger partial charge in [0, 0.05) is 0 Å². The molecule has 0 aromatic carbocycles. The molecule has 4 heteroatoms. The van der Waals surface area contributed by atoms with Crippen LogP contribution in [0.4, 0.5) is 5.82 Å². The van der Waals surface area contributed by atoms with E-state index < -0.39 is 0 Å². The van der Waals surface area contributed by atoms with Crippen molar-refractivity contribution in [3.05, 3.63) is 29.2 Å². The second-order valence-corrected chi connectivity index (χ2v) is 2.10. The highest BCUT2D eigenvalue weighted by molar-refractivity contribution is 5.51. The van der Waals surface area contributed by atoms with Crippen LogP contribution in [0.15, 0.2) is 12.1 Å². The summed E-state index contributed by atoms with van der Waals surface area (Å²) < 4.78 is 4.88. The van der Waals surface area contributed by atoms with E-state index in [0.717, 1.165) is 0 Å². The molecule has 0 aliphatic rings. The Bertz CT molecular complexity index is 317. The van der Waals surface area contributed by atoms with Gasteiger partial charge in [-0.1, -0.05) is 6.57 Å². The molecule has 12 heavy (non-hydrogen) atoms. The molecule has 0 aliphatic carbocycles. The van der Waals surface area contributed by atoms with Crippen LogP contribution < -0.4 is 4.74 Å². The van der Waals surface area contributed by atoms with E-state index in [4.69, 9.17) is 16.4 Å². The third-order valence-corrected chi connectivity index (χ3v) is 1.38. The molecule has 1 rings (SSSR count). The molecule has 1 N–H and O–H groups in total. The first-order valence-corrected chi connectivity index (χ1v) is 3.34. The number of pyridine rings is 1. The number of methoxy groups -OCH3 is 1. The molecule has 0 fully saturated rings. The Hall–Kier alpha value is -1.60. The van der Waals surface area contributed by atoms with Gasteiger partial charge in [0.1, 0.15) is 12.4 Å². The van der Waals surface area contributed by atoms with Gasteiger partial charge in [-0.25, -0.2) is 0 Å². The topological polar surface area (TPSA) is 46.7 Å². The molecule has 0 unspecified atom stereocenters. The van der Waals surface area contributed by atoms with Crippen molar-refractivity contribution in [2.75, 3.05) is 7.11 Å². The molecule has 0 aliphatic heterocycles. The lowest BCUT2D eigenvalue weighted by atomic mass is 10.3. The molecule has 0 spiro atoms. The SMILES string of the molecule is [C-]#[N+]c1nc(CO)ccc1OC. The van der Waals surface area contributed by atoms with Crippen LogP contribution in [0.1, 0.15) is 5.69 Å². The molecule has 1 aromatic heterocycles. The summed E-state index contributed by atoms with van der Waals surface area (Å²) in [7, 11) is 1.48. The van der Waals surface area contributed by atoms with Crippen LogP contribution >= 0.6 is 0 Å². The van der Waals surface area contributed by atoms with E-state index in [1.54, 1.807) is 12.1 Å². The number of hydrogen-bond acceptors (Lipinski definition) is 3. The number of rotatable bonds is 2. The zero-order valence-corrected chi connectivity index (χ0v) is 6.61. The van der Waals surface area contributed by atoms with Gasteiger partial charge in [-0.3, -0.25) is 0 Å². The fraction of sp³-hybridized carbons (Fsp3) is 0.250. The second kappa shape index (κ2) is 3.69. The lowest BCUT2D eigenvalue weighted by Crippen LogP contribution is -1.90. The van der Waals surface area contributed by atoms with Crippen molar-refractivity contribution in [2.45, 2.75) is 6.61 Å². The summed E-state index contributed by atoms with van der Waals surface area (Å²) >= 11 is 0. The molecule has 1 heterocycles. The van der Waals surface area contributed by atoms with Crippen LogP contribution in [-0.2, 0) is 6.61 Å². The Morgan fingerprint density at radius 2 is 2.42 bits per heavy atom. The van der Waals surface area contributed by atoms with Crippen molar-refractivity contribution in [2.24, 2.45) is 0 Å². The van der Waals surface area contributed by atoms with Crippen LogP contribution in [0.2, 0.25) is 0 Å². The number of nitrogens with zero attached hydrogens (tertiary/aromatic N) is 2. The van der Waals surface area contributed by atoms with Crippen molar-refractivity contribution in [3.63, 3.8) is 0 Å². The van der Waals surface area contributed by atoms with Crippen molar-refractivity contribution in [1.82, 2.24) is 4.98 Å². The molecule has 0 saturated heterocycles. The van der Waals surface area contributed by atoms with E-state index >= 15 is 0 Å². The highest BCUT2D eigenvalue weighted by Crippen LogP contribution is 2.24. The Labute approximate surface area is 70.3 Å². The van der Waals surface area contributed by atoms with Crippen molar-refractivity contribution < 1.29 is 9.84 Å². The first-order chi connectivity index (χ1) is 5.81. The molecule has 0 atom stereocenters. The summed E-state index contributed by atoms with van der Waals surface area (Å²) in [6.45, 7) is 6.60. The summed E-state index contributed by atoms with van der Waals surface area (Å²) in [6.07, 6.45) is 0. The number of aliphatic hydroxyl groups excluding tert-OH is 1. The van der Waals surface area contributed by atoms with Gasteiger partial charge in [-0.05, 0) is 12.1 Å². The minimum Gasteiger partial charge on any atom is -0.506 e. The van der Waals surface area contributed by atoms with Crippen LogP contribution in [0.5, 0.6) is 5.75 Å². The number of ether oxygens (including phenoxy) is 1. The first-order valence-electron chi connectivity index (χ1n) is 3.34. The molecule has 62 valence electrons.